The van der Waals surface area contributed by atoms with Crippen molar-refractivity contribution < 1.29 is 8.78 Å². The SMILES string of the molecule is Nc1ccc2c(c1)CN(c1cc(F)cc(F)c1)C2. The summed E-state index contributed by atoms with van der Waals surface area (Å²) < 4.78 is 26.4. The molecule has 0 radical (unpaired) electrons. The minimum Gasteiger partial charge on any atom is -0.399 e. The van der Waals surface area contributed by atoms with Gasteiger partial charge in [-0.3, -0.25) is 0 Å². The first-order valence-electron chi connectivity index (χ1n) is 5.70. The summed E-state index contributed by atoms with van der Waals surface area (Å²) in [6, 6.07) is 9.28. The molecule has 2 aromatic rings. The molecule has 18 heavy (non-hydrogen) atoms. The van der Waals surface area contributed by atoms with Gasteiger partial charge in [0.05, 0.1) is 0 Å². The van der Waals surface area contributed by atoms with Gasteiger partial charge >= 0.3 is 0 Å². The summed E-state index contributed by atoms with van der Waals surface area (Å²) in [6.07, 6.45) is 0. The van der Waals surface area contributed by atoms with Gasteiger partial charge in [-0.05, 0) is 35.4 Å². The number of nitrogen functional groups attached to an aromatic ring is 1. The first-order chi connectivity index (χ1) is 8.61. The lowest BCUT2D eigenvalue weighted by atomic mass is 10.1. The van der Waals surface area contributed by atoms with Crippen LogP contribution in [0.15, 0.2) is 36.4 Å². The molecule has 4 heteroatoms. The van der Waals surface area contributed by atoms with E-state index in [1.54, 1.807) is 0 Å². The normalized spacial score (nSPS) is 13.8. The summed E-state index contributed by atoms with van der Waals surface area (Å²) >= 11 is 0. The van der Waals surface area contributed by atoms with Gasteiger partial charge in [-0.15, -0.1) is 0 Å². The summed E-state index contributed by atoms with van der Waals surface area (Å²) in [6.45, 7) is 1.28. The Balaban J connectivity index is 1.93. The highest BCUT2D eigenvalue weighted by Crippen LogP contribution is 2.30. The second kappa shape index (κ2) is 3.98. The summed E-state index contributed by atoms with van der Waals surface area (Å²) in [7, 11) is 0. The first-order valence-corrected chi connectivity index (χ1v) is 5.70. The van der Waals surface area contributed by atoms with E-state index in [2.05, 4.69) is 0 Å². The van der Waals surface area contributed by atoms with E-state index in [0.29, 0.717) is 24.5 Å². The number of rotatable bonds is 1. The topological polar surface area (TPSA) is 29.3 Å². The minimum atomic E-state index is -0.555. The van der Waals surface area contributed by atoms with Crippen LogP contribution in [0.5, 0.6) is 0 Å². The zero-order chi connectivity index (χ0) is 12.7. The summed E-state index contributed by atoms with van der Waals surface area (Å²) in [4.78, 5) is 1.93. The highest BCUT2D eigenvalue weighted by Gasteiger charge is 2.20. The molecule has 0 aliphatic carbocycles. The molecule has 0 fully saturated rings. The van der Waals surface area contributed by atoms with E-state index in [0.717, 1.165) is 17.2 Å². The van der Waals surface area contributed by atoms with Crippen molar-refractivity contribution in [2.24, 2.45) is 0 Å². The molecule has 0 bridgehead atoms. The summed E-state index contributed by atoms with van der Waals surface area (Å²) in [5, 5.41) is 0. The van der Waals surface area contributed by atoms with Crippen molar-refractivity contribution in [1.82, 2.24) is 0 Å². The Hall–Kier alpha value is -2.10. The smallest absolute Gasteiger partial charge is 0.128 e. The minimum absolute atomic E-state index is 0.555. The Labute approximate surface area is 104 Å². The molecule has 1 aliphatic rings. The van der Waals surface area contributed by atoms with Crippen LogP contribution >= 0.6 is 0 Å². The Morgan fingerprint density at radius 3 is 2.28 bits per heavy atom. The predicted octanol–water partition coefficient (Wildman–Crippen LogP) is 3.07. The number of nitrogens with two attached hydrogens (primary N) is 1. The number of benzene rings is 2. The molecule has 0 unspecified atom stereocenters. The fourth-order valence-corrected chi connectivity index (χ4v) is 2.32. The maximum Gasteiger partial charge on any atom is 0.128 e. The number of fused-ring (bicyclic) bond motifs is 1. The van der Waals surface area contributed by atoms with E-state index in [4.69, 9.17) is 5.73 Å². The molecular formula is C14H12F2N2. The van der Waals surface area contributed by atoms with Crippen molar-refractivity contribution in [1.29, 1.82) is 0 Å². The maximum atomic E-state index is 13.2. The third-order valence-electron chi connectivity index (χ3n) is 3.17. The van der Waals surface area contributed by atoms with E-state index >= 15 is 0 Å². The Morgan fingerprint density at radius 2 is 1.56 bits per heavy atom. The Morgan fingerprint density at radius 1 is 0.889 bits per heavy atom. The van der Waals surface area contributed by atoms with Crippen molar-refractivity contribution in [3.63, 3.8) is 0 Å². The maximum absolute atomic E-state index is 13.2. The van der Waals surface area contributed by atoms with Gasteiger partial charge < -0.3 is 10.6 Å². The molecule has 1 aliphatic heterocycles. The van der Waals surface area contributed by atoms with E-state index in [1.807, 2.05) is 23.1 Å². The largest absolute Gasteiger partial charge is 0.399 e. The predicted molar refractivity (Wildman–Crippen MR) is 67.1 cm³/mol. The lowest BCUT2D eigenvalue weighted by Crippen LogP contribution is -2.14. The molecular weight excluding hydrogens is 234 g/mol. The van der Waals surface area contributed by atoms with Crippen molar-refractivity contribution >= 4 is 11.4 Å². The van der Waals surface area contributed by atoms with Gasteiger partial charge in [0.25, 0.3) is 0 Å². The van der Waals surface area contributed by atoms with Crippen LogP contribution < -0.4 is 10.6 Å². The monoisotopic (exact) mass is 246 g/mol. The van der Waals surface area contributed by atoms with Crippen molar-refractivity contribution in [3.05, 3.63) is 59.2 Å². The standard InChI is InChI=1S/C14H12F2N2/c15-11-4-12(16)6-14(5-11)18-7-9-1-2-13(17)3-10(9)8-18/h1-6H,7-8,17H2. The van der Waals surface area contributed by atoms with Crippen LogP contribution in [0.25, 0.3) is 0 Å². The van der Waals surface area contributed by atoms with Crippen LogP contribution in [-0.2, 0) is 13.1 Å². The highest BCUT2D eigenvalue weighted by atomic mass is 19.1. The number of anilines is 2. The van der Waals surface area contributed by atoms with Crippen LogP contribution in [0.4, 0.5) is 20.2 Å². The van der Waals surface area contributed by atoms with Crippen LogP contribution in [0.1, 0.15) is 11.1 Å². The lowest BCUT2D eigenvalue weighted by molar-refractivity contribution is 0.582. The van der Waals surface area contributed by atoms with Gasteiger partial charge in [-0.1, -0.05) is 6.07 Å². The average molecular weight is 246 g/mol. The van der Waals surface area contributed by atoms with Gasteiger partial charge in [0.2, 0.25) is 0 Å². The van der Waals surface area contributed by atoms with E-state index in [1.165, 1.54) is 12.1 Å². The number of hydrogen-bond acceptors (Lipinski definition) is 2. The van der Waals surface area contributed by atoms with Crippen molar-refractivity contribution in [2.45, 2.75) is 13.1 Å². The van der Waals surface area contributed by atoms with Crippen molar-refractivity contribution in [3.8, 4) is 0 Å². The molecule has 0 atom stereocenters. The lowest BCUT2D eigenvalue weighted by Gasteiger charge is -2.17. The highest BCUT2D eigenvalue weighted by molar-refractivity contribution is 5.55. The number of hydrogen-bond donors (Lipinski definition) is 1. The van der Waals surface area contributed by atoms with E-state index in [-0.39, 0.29) is 0 Å². The molecule has 2 N–H and O–H groups in total. The second-order valence-electron chi connectivity index (χ2n) is 4.51. The number of nitrogens with zero attached hydrogens (tertiary/aromatic N) is 1. The van der Waals surface area contributed by atoms with Gasteiger partial charge in [-0.25, -0.2) is 8.78 Å². The third-order valence-corrected chi connectivity index (χ3v) is 3.17. The summed E-state index contributed by atoms with van der Waals surface area (Å²) in [5.74, 6) is -1.11. The molecule has 2 nitrogen and oxygen atoms in total. The van der Waals surface area contributed by atoms with Crippen molar-refractivity contribution in [2.75, 3.05) is 10.6 Å². The van der Waals surface area contributed by atoms with Gasteiger partial charge in [-0.2, -0.15) is 0 Å². The zero-order valence-electron chi connectivity index (χ0n) is 9.66. The summed E-state index contributed by atoms with van der Waals surface area (Å²) in [5.41, 5.74) is 9.25. The van der Waals surface area contributed by atoms with Gasteiger partial charge in [0, 0.05) is 30.5 Å². The zero-order valence-corrected chi connectivity index (χ0v) is 9.66. The van der Waals surface area contributed by atoms with Gasteiger partial charge in [0.1, 0.15) is 11.6 Å². The fourth-order valence-electron chi connectivity index (χ4n) is 2.32. The molecule has 92 valence electrons. The van der Waals surface area contributed by atoms with Crippen LogP contribution in [0.2, 0.25) is 0 Å². The molecule has 0 spiro atoms. The first kappa shape index (κ1) is 11.0. The Bertz CT molecular complexity index is 590. The number of halogens is 2. The second-order valence-corrected chi connectivity index (χ2v) is 4.51. The van der Waals surface area contributed by atoms with Crippen LogP contribution in [0, 0.1) is 11.6 Å². The third kappa shape index (κ3) is 1.90. The molecule has 0 saturated carbocycles. The molecule has 0 aromatic heterocycles. The fraction of sp³-hybridized carbons (Fsp3) is 0.143. The average Bonchev–Trinajstić information content (AvgIpc) is 2.70. The Kier molecular flexibility index (Phi) is 2.44. The van der Waals surface area contributed by atoms with Crippen LogP contribution in [-0.4, -0.2) is 0 Å². The molecule has 0 amide bonds. The molecule has 0 saturated heterocycles. The van der Waals surface area contributed by atoms with E-state index < -0.39 is 11.6 Å². The van der Waals surface area contributed by atoms with Gasteiger partial charge in [0.15, 0.2) is 0 Å². The van der Waals surface area contributed by atoms with Crippen LogP contribution in [0.3, 0.4) is 0 Å². The quantitative estimate of drug-likeness (QED) is 0.783. The molecule has 1 heterocycles. The van der Waals surface area contributed by atoms with E-state index in [9.17, 15) is 8.78 Å². The molecule has 2 aromatic carbocycles. The molecule has 3 rings (SSSR count).